The molecule has 0 amide bonds. The van der Waals surface area contributed by atoms with E-state index >= 15 is 0 Å². The average Bonchev–Trinajstić information content (AvgIpc) is 2.14. The molecular formula is C7H5Cl4NO2. The van der Waals surface area contributed by atoms with Gasteiger partial charge in [0.25, 0.3) is 0 Å². The summed E-state index contributed by atoms with van der Waals surface area (Å²) in [6.45, 7) is 0. The lowest BCUT2D eigenvalue weighted by molar-refractivity contribution is -0.114. The molecule has 0 aromatic rings. The molecule has 7 heteroatoms. The average molecular weight is 277 g/mol. The summed E-state index contributed by atoms with van der Waals surface area (Å²) in [7, 11) is 1.34. The Bertz CT molecular complexity index is 324. The van der Waals surface area contributed by atoms with Gasteiger partial charge in [0.15, 0.2) is 10.2 Å². The first-order valence-electron chi connectivity index (χ1n) is 3.47. The number of ether oxygens (including phenoxy) is 1. The number of ketones is 1. The molecule has 0 aromatic carbocycles. The largest absolute Gasteiger partial charge is 0.483 e. The first-order chi connectivity index (χ1) is 6.49. The summed E-state index contributed by atoms with van der Waals surface area (Å²) in [5.74, 6) is -0.469. The minimum Gasteiger partial charge on any atom is -0.483 e. The molecule has 0 spiro atoms. The highest BCUT2D eigenvalue weighted by molar-refractivity contribution is 6.56. The van der Waals surface area contributed by atoms with E-state index in [1.165, 1.54) is 7.11 Å². The van der Waals surface area contributed by atoms with Crippen molar-refractivity contribution in [2.75, 3.05) is 7.11 Å². The molecule has 1 rings (SSSR count). The van der Waals surface area contributed by atoms with Gasteiger partial charge in [0.1, 0.15) is 5.03 Å². The monoisotopic (exact) mass is 275 g/mol. The van der Waals surface area contributed by atoms with Gasteiger partial charge in [-0.25, -0.2) is 4.99 Å². The van der Waals surface area contributed by atoms with Crippen LogP contribution in [0.15, 0.2) is 15.7 Å². The fourth-order valence-corrected chi connectivity index (χ4v) is 1.86. The normalized spacial score (nSPS) is 22.9. The van der Waals surface area contributed by atoms with Crippen molar-refractivity contribution in [1.29, 1.82) is 0 Å². The van der Waals surface area contributed by atoms with Crippen LogP contribution >= 0.6 is 46.4 Å². The number of alkyl halides is 3. The summed E-state index contributed by atoms with van der Waals surface area (Å²) in [5, 5.41) is -1.16. The molecular weight excluding hydrogens is 272 g/mol. The van der Waals surface area contributed by atoms with Crippen molar-refractivity contribution in [2.24, 2.45) is 4.99 Å². The number of carbonyl (C=O) groups excluding carboxylic acids is 1. The van der Waals surface area contributed by atoms with Crippen LogP contribution in [0.2, 0.25) is 0 Å². The maximum Gasteiger partial charge on any atom is 0.214 e. The SMILES string of the molecule is COC1=NC(C(Cl)Cl)=C(Cl)C(=O)C1Cl. The van der Waals surface area contributed by atoms with Crippen LogP contribution < -0.4 is 0 Å². The van der Waals surface area contributed by atoms with Gasteiger partial charge in [-0.3, -0.25) is 4.79 Å². The van der Waals surface area contributed by atoms with E-state index in [0.29, 0.717) is 0 Å². The second kappa shape index (κ2) is 4.71. The van der Waals surface area contributed by atoms with Gasteiger partial charge in [-0.2, -0.15) is 0 Å². The fourth-order valence-electron chi connectivity index (χ4n) is 0.868. The predicted octanol–water partition coefficient (Wildman–Crippen LogP) is 2.48. The molecule has 0 bridgehead atoms. The maximum atomic E-state index is 11.4. The fraction of sp³-hybridized carbons (Fsp3) is 0.429. The zero-order valence-electron chi connectivity index (χ0n) is 6.93. The number of nitrogens with zero attached hydrogens (tertiary/aromatic N) is 1. The zero-order chi connectivity index (χ0) is 10.9. The summed E-state index contributed by atoms with van der Waals surface area (Å²) < 4.78 is 4.79. The number of allylic oxidation sites excluding steroid dienone is 2. The van der Waals surface area contributed by atoms with E-state index in [4.69, 9.17) is 51.1 Å². The van der Waals surface area contributed by atoms with Crippen molar-refractivity contribution >= 4 is 58.1 Å². The quantitative estimate of drug-likeness (QED) is 0.690. The maximum absolute atomic E-state index is 11.4. The Morgan fingerprint density at radius 3 is 2.50 bits per heavy atom. The molecule has 0 saturated carbocycles. The van der Waals surface area contributed by atoms with E-state index < -0.39 is 16.0 Å². The third kappa shape index (κ3) is 2.16. The van der Waals surface area contributed by atoms with E-state index in [0.717, 1.165) is 0 Å². The van der Waals surface area contributed by atoms with Gasteiger partial charge < -0.3 is 4.74 Å². The molecule has 3 nitrogen and oxygen atoms in total. The minimum absolute atomic E-state index is 0.0439. The highest BCUT2D eigenvalue weighted by Crippen LogP contribution is 2.29. The summed E-state index contributed by atoms with van der Waals surface area (Å²) in [5.41, 5.74) is 0.0637. The number of methoxy groups -OCH3 is 1. The van der Waals surface area contributed by atoms with Crippen molar-refractivity contribution in [2.45, 2.75) is 10.2 Å². The van der Waals surface area contributed by atoms with Gasteiger partial charge in [0.05, 0.1) is 12.8 Å². The van der Waals surface area contributed by atoms with Crippen LogP contribution in [-0.4, -0.2) is 29.0 Å². The van der Waals surface area contributed by atoms with Crippen LogP contribution in [0.5, 0.6) is 0 Å². The van der Waals surface area contributed by atoms with Crippen molar-refractivity contribution in [1.82, 2.24) is 0 Å². The number of Topliss-reactive ketones (excluding diaryl/α,β-unsaturated/α-hetero) is 1. The highest BCUT2D eigenvalue weighted by Gasteiger charge is 2.33. The number of hydrogen-bond donors (Lipinski definition) is 0. The van der Waals surface area contributed by atoms with Crippen LogP contribution in [0, 0.1) is 0 Å². The van der Waals surface area contributed by atoms with E-state index in [-0.39, 0.29) is 16.6 Å². The molecule has 0 fully saturated rings. The summed E-state index contributed by atoms with van der Waals surface area (Å²) in [4.78, 5) is 14.3. The van der Waals surface area contributed by atoms with E-state index in [1.54, 1.807) is 0 Å². The van der Waals surface area contributed by atoms with Gasteiger partial charge in [0.2, 0.25) is 11.7 Å². The standard InChI is InChI=1S/C7H5Cl4NO2/c1-14-7-3(9)5(13)2(8)4(12-7)6(10)11/h3,6H,1H3. The van der Waals surface area contributed by atoms with Crippen molar-refractivity contribution in [3.63, 3.8) is 0 Å². The molecule has 0 N–H and O–H groups in total. The van der Waals surface area contributed by atoms with Crippen molar-refractivity contribution < 1.29 is 9.53 Å². The lowest BCUT2D eigenvalue weighted by atomic mass is 10.2. The van der Waals surface area contributed by atoms with E-state index in [2.05, 4.69) is 4.99 Å². The molecule has 0 aromatic heterocycles. The lowest BCUT2D eigenvalue weighted by Crippen LogP contribution is -2.31. The number of rotatable bonds is 1. The number of halogens is 4. The molecule has 78 valence electrons. The van der Waals surface area contributed by atoms with Gasteiger partial charge in [-0.1, -0.05) is 34.8 Å². The lowest BCUT2D eigenvalue weighted by Gasteiger charge is -2.18. The summed E-state index contributed by atoms with van der Waals surface area (Å²) >= 11 is 22.5. The first-order valence-corrected chi connectivity index (χ1v) is 5.16. The van der Waals surface area contributed by atoms with E-state index in [9.17, 15) is 4.79 Å². The van der Waals surface area contributed by atoms with Gasteiger partial charge in [-0.15, -0.1) is 11.6 Å². The Balaban J connectivity index is 3.16. The minimum atomic E-state index is -1.01. The molecule has 14 heavy (non-hydrogen) atoms. The van der Waals surface area contributed by atoms with Crippen LogP contribution in [-0.2, 0) is 9.53 Å². The molecule has 1 aliphatic heterocycles. The van der Waals surface area contributed by atoms with Gasteiger partial charge in [-0.05, 0) is 0 Å². The molecule has 1 atom stereocenters. The Morgan fingerprint density at radius 2 is 2.07 bits per heavy atom. The second-order valence-corrected chi connectivity index (χ2v) is 4.29. The van der Waals surface area contributed by atoms with Gasteiger partial charge in [0, 0.05) is 0 Å². The molecule has 1 heterocycles. The summed E-state index contributed by atoms with van der Waals surface area (Å²) in [6.07, 6.45) is 0. The Labute approximate surface area is 101 Å². The topological polar surface area (TPSA) is 38.7 Å². The van der Waals surface area contributed by atoms with Crippen LogP contribution in [0.25, 0.3) is 0 Å². The zero-order valence-corrected chi connectivity index (χ0v) is 9.95. The number of carbonyl (C=O) groups is 1. The highest BCUT2D eigenvalue weighted by atomic mass is 35.5. The van der Waals surface area contributed by atoms with E-state index in [1.807, 2.05) is 0 Å². The Kier molecular flexibility index (Phi) is 4.07. The smallest absolute Gasteiger partial charge is 0.214 e. The molecule has 0 aliphatic carbocycles. The van der Waals surface area contributed by atoms with Crippen LogP contribution in [0.3, 0.4) is 0 Å². The molecule has 0 saturated heterocycles. The van der Waals surface area contributed by atoms with Gasteiger partial charge >= 0.3 is 0 Å². The third-order valence-corrected chi connectivity index (χ3v) is 2.71. The van der Waals surface area contributed by atoms with Crippen molar-refractivity contribution in [3.8, 4) is 0 Å². The summed E-state index contributed by atoms with van der Waals surface area (Å²) in [6, 6.07) is 0. The first kappa shape index (κ1) is 12.1. The van der Waals surface area contributed by atoms with Crippen molar-refractivity contribution in [3.05, 3.63) is 10.7 Å². The number of hydrogen-bond acceptors (Lipinski definition) is 3. The van der Waals surface area contributed by atoms with Crippen LogP contribution in [0.1, 0.15) is 0 Å². The predicted molar refractivity (Wildman–Crippen MR) is 57.5 cm³/mol. The third-order valence-electron chi connectivity index (χ3n) is 1.53. The Hall–Kier alpha value is 0.0400. The molecule has 1 unspecified atom stereocenters. The van der Waals surface area contributed by atoms with Crippen LogP contribution in [0.4, 0.5) is 0 Å². The molecule has 0 radical (unpaired) electrons. The number of aliphatic imine (C=N–C) groups is 1. The Morgan fingerprint density at radius 1 is 1.50 bits per heavy atom. The second-order valence-electron chi connectivity index (χ2n) is 2.38. The molecule has 1 aliphatic rings.